The van der Waals surface area contributed by atoms with Crippen molar-refractivity contribution in [3.8, 4) is 11.6 Å². The van der Waals surface area contributed by atoms with Gasteiger partial charge in [-0.1, -0.05) is 13.3 Å². The van der Waals surface area contributed by atoms with Crippen molar-refractivity contribution in [3.63, 3.8) is 0 Å². The van der Waals surface area contributed by atoms with Crippen LogP contribution in [0.1, 0.15) is 43.0 Å². The largest absolute Gasteiger partial charge is 0.494 e. The average Bonchev–Trinajstić information content (AvgIpc) is 2.74. The summed E-state index contributed by atoms with van der Waals surface area (Å²) < 4.78 is 11.6. The molecular formula is C22H30N4O3. The van der Waals surface area contributed by atoms with Crippen molar-refractivity contribution in [1.82, 2.24) is 15.1 Å². The van der Waals surface area contributed by atoms with Crippen molar-refractivity contribution in [3.05, 3.63) is 42.0 Å². The number of rotatable bonds is 8. The summed E-state index contributed by atoms with van der Waals surface area (Å²) in [6.07, 6.45) is 3.84. The van der Waals surface area contributed by atoms with E-state index in [2.05, 4.69) is 17.1 Å². The summed E-state index contributed by atoms with van der Waals surface area (Å²) in [5.41, 5.74) is 0.670. The monoisotopic (exact) mass is 398 g/mol. The molecule has 1 aliphatic rings. The summed E-state index contributed by atoms with van der Waals surface area (Å²) >= 11 is 0. The van der Waals surface area contributed by atoms with Crippen molar-refractivity contribution >= 4 is 11.7 Å². The first-order chi connectivity index (χ1) is 14.1. The van der Waals surface area contributed by atoms with Crippen LogP contribution in [0.3, 0.4) is 0 Å². The van der Waals surface area contributed by atoms with Crippen LogP contribution < -0.4 is 14.4 Å². The van der Waals surface area contributed by atoms with Crippen LogP contribution in [-0.2, 0) is 0 Å². The van der Waals surface area contributed by atoms with Crippen LogP contribution >= 0.6 is 0 Å². The van der Waals surface area contributed by atoms with Gasteiger partial charge in [-0.15, -0.1) is 10.2 Å². The van der Waals surface area contributed by atoms with E-state index < -0.39 is 0 Å². The zero-order valence-corrected chi connectivity index (χ0v) is 17.5. The number of piperidine rings is 1. The number of hydrogen-bond acceptors (Lipinski definition) is 6. The Labute approximate surface area is 172 Å². The van der Waals surface area contributed by atoms with Gasteiger partial charge in [-0.2, -0.15) is 0 Å². The summed E-state index contributed by atoms with van der Waals surface area (Å²) in [6, 6.07) is 11.1. The second-order valence-electron chi connectivity index (χ2n) is 7.48. The molecule has 0 bridgehead atoms. The molecule has 1 fully saturated rings. The van der Waals surface area contributed by atoms with Gasteiger partial charge in [0.15, 0.2) is 5.82 Å². The molecule has 1 aromatic heterocycles. The predicted octanol–water partition coefficient (Wildman–Crippen LogP) is 3.41. The van der Waals surface area contributed by atoms with E-state index in [0.717, 1.165) is 43.8 Å². The Bertz CT molecular complexity index is 778. The van der Waals surface area contributed by atoms with E-state index in [1.807, 2.05) is 60.3 Å². The molecule has 1 amide bonds. The van der Waals surface area contributed by atoms with E-state index >= 15 is 0 Å². The Morgan fingerprint density at radius 2 is 1.97 bits per heavy atom. The van der Waals surface area contributed by atoms with E-state index in [9.17, 15) is 4.79 Å². The summed E-state index contributed by atoms with van der Waals surface area (Å²) in [6.45, 7) is 4.11. The highest BCUT2D eigenvalue weighted by Gasteiger charge is 2.26. The van der Waals surface area contributed by atoms with Gasteiger partial charge in [0.05, 0.1) is 13.2 Å². The molecule has 1 unspecified atom stereocenters. The van der Waals surface area contributed by atoms with Crippen molar-refractivity contribution < 1.29 is 14.3 Å². The molecule has 1 aromatic carbocycles. The first-order valence-electron chi connectivity index (χ1n) is 10.3. The van der Waals surface area contributed by atoms with Crippen LogP contribution in [0, 0.1) is 0 Å². The number of nitrogens with zero attached hydrogens (tertiary/aromatic N) is 4. The molecule has 1 atom stereocenters. The maximum atomic E-state index is 12.9. The van der Waals surface area contributed by atoms with Crippen molar-refractivity contribution in [2.24, 2.45) is 0 Å². The fourth-order valence-electron chi connectivity index (χ4n) is 3.21. The minimum Gasteiger partial charge on any atom is -0.494 e. The molecule has 0 aliphatic carbocycles. The van der Waals surface area contributed by atoms with Crippen LogP contribution in [0.4, 0.5) is 5.82 Å². The van der Waals surface area contributed by atoms with E-state index in [4.69, 9.17) is 9.47 Å². The number of benzene rings is 1. The molecule has 7 nitrogen and oxygen atoms in total. The van der Waals surface area contributed by atoms with E-state index in [1.54, 1.807) is 0 Å². The second-order valence-corrected chi connectivity index (χ2v) is 7.48. The quantitative estimate of drug-likeness (QED) is 0.635. The molecule has 3 rings (SSSR count). The molecule has 0 N–H and O–H groups in total. The van der Waals surface area contributed by atoms with Gasteiger partial charge in [0, 0.05) is 32.3 Å². The molecule has 1 saturated heterocycles. The molecule has 0 saturated carbocycles. The number of amides is 1. The molecule has 2 heterocycles. The lowest BCUT2D eigenvalue weighted by molar-refractivity contribution is 0.0525. The molecule has 0 spiro atoms. The van der Waals surface area contributed by atoms with Crippen LogP contribution in [-0.4, -0.2) is 60.9 Å². The molecule has 2 aromatic rings. The molecule has 7 heteroatoms. The third-order valence-electron chi connectivity index (χ3n) is 4.90. The smallest absolute Gasteiger partial charge is 0.253 e. The highest BCUT2D eigenvalue weighted by molar-refractivity contribution is 5.94. The van der Waals surface area contributed by atoms with Gasteiger partial charge in [-0.3, -0.25) is 4.79 Å². The maximum absolute atomic E-state index is 12.9. The number of likely N-dealkylation sites (tertiary alicyclic amines) is 1. The number of carbonyl (C=O) groups is 1. The Morgan fingerprint density at radius 3 is 2.62 bits per heavy atom. The SMILES string of the molecule is CCCCOc1ccc(C(=O)N2CCCC(Oc3ccc(N(C)C)nn3)C2)cc1. The van der Waals surface area contributed by atoms with Crippen LogP contribution in [0.15, 0.2) is 36.4 Å². The highest BCUT2D eigenvalue weighted by atomic mass is 16.5. The first-order valence-corrected chi connectivity index (χ1v) is 10.3. The van der Waals surface area contributed by atoms with Crippen LogP contribution in [0.5, 0.6) is 11.6 Å². The Balaban J connectivity index is 1.56. The van der Waals surface area contributed by atoms with E-state index in [-0.39, 0.29) is 12.0 Å². The highest BCUT2D eigenvalue weighted by Crippen LogP contribution is 2.20. The number of carbonyl (C=O) groups excluding carboxylic acids is 1. The molecule has 0 radical (unpaired) electrons. The number of unbranched alkanes of at least 4 members (excludes halogenated alkanes) is 1. The number of anilines is 1. The lowest BCUT2D eigenvalue weighted by atomic mass is 10.1. The van der Waals surface area contributed by atoms with Gasteiger partial charge in [0.1, 0.15) is 11.9 Å². The minimum absolute atomic E-state index is 0.0208. The normalized spacial score (nSPS) is 16.4. The Morgan fingerprint density at radius 1 is 1.17 bits per heavy atom. The molecule has 156 valence electrons. The number of hydrogen-bond donors (Lipinski definition) is 0. The Kier molecular flexibility index (Phi) is 7.27. The molecule has 1 aliphatic heterocycles. The summed E-state index contributed by atoms with van der Waals surface area (Å²) in [7, 11) is 3.83. The van der Waals surface area contributed by atoms with Gasteiger partial charge >= 0.3 is 0 Å². The summed E-state index contributed by atoms with van der Waals surface area (Å²) in [5.74, 6) is 2.09. The standard InChI is InChI=1S/C22H30N4O3/c1-4-5-15-28-18-10-8-17(9-11-18)22(27)26-14-6-7-19(16-26)29-21-13-12-20(23-24-21)25(2)3/h8-13,19H,4-7,14-16H2,1-3H3. The van der Waals surface area contributed by atoms with Crippen molar-refractivity contribution in [2.75, 3.05) is 38.7 Å². The van der Waals surface area contributed by atoms with Gasteiger partial charge < -0.3 is 19.3 Å². The van der Waals surface area contributed by atoms with E-state index in [1.165, 1.54) is 0 Å². The van der Waals surface area contributed by atoms with Crippen molar-refractivity contribution in [1.29, 1.82) is 0 Å². The number of aromatic nitrogens is 2. The Hall–Kier alpha value is -2.83. The first kappa shape index (κ1) is 20.9. The number of ether oxygens (including phenoxy) is 2. The van der Waals surface area contributed by atoms with E-state index in [0.29, 0.717) is 24.6 Å². The summed E-state index contributed by atoms with van der Waals surface area (Å²) in [5, 5.41) is 8.27. The third kappa shape index (κ3) is 5.82. The summed E-state index contributed by atoms with van der Waals surface area (Å²) in [4.78, 5) is 16.6. The lowest BCUT2D eigenvalue weighted by Gasteiger charge is -2.32. The maximum Gasteiger partial charge on any atom is 0.253 e. The third-order valence-corrected chi connectivity index (χ3v) is 4.90. The van der Waals surface area contributed by atoms with Gasteiger partial charge in [0.2, 0.25) is 5.88 Å². The van der Waals surface area contributed by atoms with Gasteiger partial charge in [-0.25, -0.2) is 0 Å². The fourth-order valence-corrected chi connectivity index (χ4v) is 3.21. The zero-order chi connectivity index (χ0) is 20.6. The zero-order valence-electron chi connectivity index (χ0n) is 17.5. The van der Waals surface area contributed by atoms with Crippen LogP contribution in [0.2, 0.25) is 0 Å². The second kappa shape index (κ2) is 10.1. The molecular weight excluding hydrogens is 368 g/mol. The van der Waals surface area contributed by atoms with Gasteiger partial charge in [0.25, 0.3) is 5.91 Å². The average molecular weight is 399 g/mol. The van der Waals surface area contributed by atoms with Crippen LogP contribution in [0.25, 0.3) is 0 Å². The molecule has 29 heavy (non-hydrogen) atoms. The van der Waals surface area contributed by atoms with Crippen molar-refractivity contribution in [2.45, 2.75) is 38.7 Å². The topological polar surface area (TPSA) is 67.8 Å². The fraction of sp³-hybridized carbons (Fsp3) is 0.500. The van der Waals surface area contributed by atoms with Gasteiger partial charge in [-0.05, 0) is 49.6 Å². The minimum atomic E-state index is -0.0798. The predicted molar refractivity (Wildman–Crippen MR) is 113 cm³/mol. The lowest BCUT2D eigenvalue weighted by Crippen LogP contribution is -2.44.